The second kappa shape index (κ2) is 7.27. The molecule has 1 amide bonds. The Morgan fingerprint density at radius 3 is 2.67 bits per heavy atom. The first kappa shape index (κ1) is 17.7. The molecule has 1 aromatic carbocycles. The summed E-state index contributed by atoms with van der Waals surface area (Å²) in [5, 5.41) is 8.88. The highest BCUT2D eigenvalue weighted by Crippen LogP contribution is 2.22. The number of rotatable bonds is 4. The molecule has 8 heteroatoms. The Morgan fingerprint density at radius 2 is 2.00 bits per heavy atom. The Morgan fingerprint density at radius 1 is 1.29 bits per heavy atom. The molecule has 0 aliphatic rings. The van der Waals surface area contributed by atoms with Crippen LogP contribution in [0.1, 0.15) is 27.2 Å². The number of H-pyrrole nitrogens is 1. The maximum absolute atomic E-state index is 12.0. The zero-order chi connectivity index (χ0) is 17.9. The molecular formula is C16H16ClN3O4. The molecule has 0 atom stereocenters. The molecule has 7 nitrogen and oxygen atoms in total. The predicted octanol–water partition coefficient (Wildman–Crippen LogP) is 2.14. The molecule has 2 N–H and O–H groups in total. The van der Waals surface area contributed by atoms with Crippen LogP contribution in [-0.4, -0.2) is 28.7 Å². The highest BCUT2D eigenvalue weighted by molar-refractivity contribution is 6.33. The minimum absolute atomic E-state index is 0.163. The molecule has 0 saturated heterocycles. The summed E-state index contributed by atoms with van der Waals surface area (Å²) in [6, 6.07) is 5.14. The number of aromatic amines is 1. The summed E-state index contributed by atoms with van der Waals surface area (Å²) < 4.78 is 4.90. The van der Waals surface area contributed by atoms with E-state index in [1.54, 1.807) is 32.0 Å². The summed E-state index contributed by atoms with van der Waals surface area (Å²) >= 11 is 6.02. The fraction of sp³-hybridized carbons (Fsp3) is 0.250. The Bertz CT molecular complexity index is 861. The average molecular weight is 350 g/mol. The van der Waals surface area contributed by atoms with Crippen molar-refractivity contribution in [1.29, 1.82) is 0 Å². The molecule has 2 aromatic rings. The van der Waals surface area contributed by atoms with E-state index in [4.69, 9.17) is 16.3 Å². The number of aryl methyl sites for hydroxylation is 2. The molecule has 0 aliphatic heterocycles. The van der Waals surface area contributed by atoms with E-state index in [9.17, 15) is 14.4 Å². The lowest BCUT2D eigenvalue weighted by Gasteiger charge is -2.09. The van der Waals surface area contributed by atoms with Gasteiger partial charge in [-0.2, -0.15) is 5.10 Å². The third-order valence-electron chi connectivity index (χ3n) is 3.41. The van der Waals surface area contributed by atoms with Crippen molar-refractivity contribution in [3.8, 4) is 0 Å². The number of aromatic nitrogens is 2. The van der Waals surface area contributed by atoms with Gasteiger partial charge in [-0.15, -0.1) is 0 Å². The first-order valence-corrected chi connectivity index (χ1v) is 7.46. The van der Waals surface area contributed by atoms with Gasteiger partial charge >= 0.3 is 5.97 Å². The molecule has 0 bridgehead atoms. The Labute approximate surface area is 143 Å². The summed E-state index contributed by atoms with van der Waals surface area (Å²) in [7, 11) is 0. The Kier molecular flexibility index (Phi) is 5.35. The van der Waals surface area contributed by atoms with Crippen LogP contribution < -0.4 is 10.9 Å². The number of esters is 1. The molecule has 0 fully saturated rings. The molecule has 2 rings (SSSR count). The summed E-state index contributed by atoms with van der Waals surface area (Å²) in [4.78, 5) is 35.6. The van der Waals surface area contributed by atoms with Crippen LogP contribution in [0.3, 0.4) is 0 Å². The smallest absolute Gasteiger partial charge is 0.344 e. The fourth-order valence-corrected chi connectivity index (χ4v) is 2.26. The molecule has 0 aliphatic carbocycles. The molecule has 126 valence electrons. The molecule has 0 saturated carbocycles. The van der Waals surface area contributed by atoms with Crippen molar-refractivity contribution >= 4 is 29.2 Å². The van der Waals surface area contributed by atoms with E-state index in [1.807, 2.05) is 6.92 Å². The number of anilines is 1. The summed E-state index contributed by atoms with van der Waals surface area (Å²) in [6.07, 6.45) is 0. The normalized spacial score (nSPS) is 10.3. The largest absolute Gasteiger partial charge is 0.452 e. The zero-order valence-corrected chi connectivity index (χ0v) is 14.2. The minimum Gasteiger partial charge on any atom is -0.452 e. The van der Waals surface area contributed by atoms with Gasteiger partial charge in [0.15, 0.2) is 6.61 Å². The Hall–Kier alpha value is -2.67. The van der Waals surface area contributed by atoms with E-state index in [-0.39, 0.29) is 5.56 Å². The van der Waals surface area contributed by atoms with Crippen molar-refractivity contribution in [3.63, 3.8) is 0 Å². The molecular weight excluding hydrogens is 334 g/mol. The van der Waals surface area contributed by atoms with E-state index < -0.39 is 24.0 Å². The maximum atomic E-state index is 12.0. The van der Waals surface area contributed by atoms with E-state index in [0.29, 0.717) is 22.0 Å². The molecule has 1 heterocycles. The lowest BCUT2D eigenvalue weighted by atomic mass is 10.1. The first-order chi connectivity index (χ1) is 11.3. The minimum atomic E-state index is -0.885. The van der Waals surface area contributed by atoms with Gasteiger partial charge in [0.2, 0.25) is 0 Å². The lowest BCUT2D eigenvalue weighted by molar-refractivity contribution is -0.119. The second-order valence-electron chi connectivity index (χ2n) is 5.25. The van der Waals surface area contributed by atoms with Gasteiger partial charge in [0.05, 0.1) is 16.4 Å². The van der Waals surface area contributed by atoms with Crippen molar-refractivity contribution in [2.45, 2.75) is 20.8 Å². The molecule has 24 heavy (non-hydrogen) atoms. The van der Waals surface area contributed by atoms with Crippen molar-refractivity contribution in [2.75, 3.05) is 11.9 Å². The number of hydrogen-bond acceptors (Lipinski definition) is 5. The van der Waals surface area contributed by atoms with Gasteiger partial charge in [0.25, 0.3) is 11.5 Å². The van der Waals surface area contributed by atoms with Crippen molar-refractivity contribution in [3.05, 3.63) is 56.0 Å². The quantitative estimate of drug-likeness (QED) is 0.823. The monoisotopic (exact) mass is 349 g/mol. The third kappa shape index (κ3) is 3.99. The van der Waals surface area contributed by atoms with Gasteiger partial charge in [0.1, 0.15) is 5.56 Å². The van der Waals surface area contributed by atoms with E-state index >= 15 is 0 Å². The van der Waals surface area contributed by atoms with Gasteiger partial charge in [-0.1, -0.05) is 17.7 Å². The zero-order valence-electron chi connectivity index (χ0n) is 13.4. The molecule has 0 spiro atoms. The molecule has 0 unspecified atom stereocenters. The van der Waals surface area contributed by atoms with Crippen LogP contribution in [-0.2, 0) is 9.53 Å². The number of ether oxygens (including phenoxy) is 1. The number of nitrogens with zero attached hydrogens (tertiary/aromatic N) is 1. The van der Waals surface area contributed by atoms with Gasteiger partial charge in [0, 0.05) is 0 Å². The predicted molar refractivity (Wildman–Crippen MR) is 89.4 cm³/mol. The molecule has 1 aromatic heterocycles. The van der Waals surface area contributed by atoms with Crippen LogP contribution in [0, 0.1) is 20.8 Å². The standard InChI is InChI=1S/C16H16ClN3O4/c1-8-4-5-12(11(17)6-8)18-13(21)7-24-16(23)14-9(2)10(3)19-20-15(14)22/h4-6H,7H2,1-3H3,(H,18,21)(H,20,22). The van der Waals surface area contributed by atoms with Crippen LogP contribution in [0.5, 0.6) is 0 Å². The van der Waals surface area contributed by atoms with Gasteiger partial charge in [-0.25, -0.2) is 9.89 Å². The van der Waals surface area contributed by atoms with Crippen LogP contribution in [0.4, 0.5) is 5.69 Å². The highest BCUT2D eigenvalue weighted by Gasteiger charge is 2.19. The first-order valence-electron chi connectivity index (χ1n) is 7.08. The van der Waals surface area contributed by atoms with Gasteiger partial charge in [-0.05, 0) is 44.0 Å². The maximum Gasteiger partial charge on any atom is 0.344 e. The van der Waals surface area contributed by atoms with Crippen LogP contribution in [0.25, 0.3) is 0 Å². The van der Waals surface area contributed by atoms with E-state index in [1.165, 1.54) is 0 Å². The third-order valence-corrected chi connectivity index (χ3v) is 3.72. The van der Waals surface area contributed by atoms with E-state index in [2.05, 4.69) is 15.5 Å². The summed E-state index contributed by atoms with van der Waals surface area (Å²) in [5.74, 6) is -1.45. The SMILES string of the molecule is Cc1ccc(NC(=O)COC(=O)c2c(C)c(C)n[nH]c2=O)c(Cl)c1. The van der Waals surface area contributed by atoms with Gasteiger partial charge < -0.3 is 10.1 Å². The van der Waals surface area contributed by atoms with Crippen molar-refractivity contribution in [1.82, 2.24) is 10.2 Å². The van der Waals surface area contributed by atoms with Crippen molar-refractivity contribution in [2.24, 2.45) is 0 Å². The van der Waals surface area contributed by atoms with Gasteiger partial charge in [-0.3, -0.25) is 9.59 Å². The molecule has 0 radical (unpaired) electrons. The highest BCUT2D eigenvalue weighted by atomic mass is 35.5. The number of benzene rings is 1. The van der Waals surface area contributed by atoms with Crippen LogP contribution in [0.2, 0.25) is 5.02 Å². The van der Waals surface area contributed by atoms with E-state index in [0.717, 1.165) is 5.56 Å². The number of hydrogen-bond donors (Lipinski definition) is 2. The summed E-state index contributed by atoms with van der Waals surface area (Å²) in [5.41, 5.74) is 1.45. The lowest BCUT2D eigenvalue weighted by Crippen LogP contribution is -2.27. The topological polar surface area (TPSA) is 101 Å². The van der Waals surface area contributed by atoms with Crippen molar-refractivity contribution < 1.29 is 14.3 Å². The van der Waals surface area contributed by atoms with Crippen LogP contribution >= 0.6 is 11.6 Å². The number of carbonyl (C=O) groups is 2. The fourth-order valence-electron chi connectivity index (χ4n) is 1.98. The van der Waals surface area contributed by atoms with Crippen LogP contribution in [0.15, 0.2) is 23.0 Å². The summed E-state index contributed by atoms with van der Waals surface area (Å²) in [6.45, 7) is 4.56. The number of halogens is 1. The number of amides is 1. The number of nitrogens with one attached hydrogen (secondary N) is 2. The second-order valence-corrected chi connectivity index (χ2v) is 5.65. The average Bonchev–Trinajstić information content (AvgIpc) is 2.52. The Balaban J connectivity index is 2.03. The number of carbonyl (C=O) groups excluding carboxylic acids is 2.